The van der Waals surface area contributed by atoms with Crippen LogP contribution in [-0.2, 0) is 0 Å². The number of fused-ring (bicyclic) bond motifs is 2. The van der Waals surface area contributed by atoms with Crippen molar-refractivity contribution < 1.29 is 13.9 Å². The fraction of sp³-hybridized carbons (Fsp3) is 0.118. The highest BCUT2D eigenvalue weighted by atomic mass is 35.5. The summed E-state index contributed by atoms with van der Waals surface area (Å²) in [6.45, 7) is 0.357. The lowest BCUT2D eigenvalue weighted by atomic mass is 9.95. The lowest BCUT2D eigenvalue weighted by Crippen LogP contribution is -2.13. The van der Waals surface area contributed by atoms with Crippen molar-refractivity contribution in [2.75, 3.05) is 6.61 Å². The van der Waals surface area contributed by atoms with Crippen molar-refractivity contribution in [3.63, 3.8) is 0 Å². The van der Waals surface area contributed by atoms with Gasteiger partial charge in [0.05, 0.1) is 5.92 Å². The molecule has 0 fully saturated rings. The van der Waals surface area contributed by atoms with Crippen LogP contribution in [0.25, 0.3) is 11.0 Å². The standard InChI is InChI=1S/C17H11ClO3/c18-11-5-6-14-10(7-11)8-16(21-14)17(19)13-9-20-15-4-2-1-3-12(13)15/h1-8,13H,9H2. The van der Waals surface area contributed by atoms with Crippen molar-refractivity contribution in [2.24, 2.45) is 0 Å². The third-order valence-electron chi connectivity index (χ3n) is 3.74. The molecule has 0 radical (unpaired) electrons. The van der Waals surface area contributed by atoms with Crippen LogP contribution in [0, 0.1) is 0 Å². The average Bonchev–Trinajstić information content (AvgIpc) is 3.09. The van der Waals surface area contributed by atoms with Crippen LogP contribution in [0.2, 0.25) is 5.02 Å². The molecule has 0 bridgehead atoms. The molecule has 0 N–H and O–H groups in total. The fourth-order valence-electron chi connectivity index (χ4n) is 2.69. The summed E-state index contributed by atoms with van der Waals surface area (Å²) in [7, 11) is 0. The Morgan fingerprint density at radius 1 is 1.14 bits per heavy atom. The van der Waals surface area contributed by atoms with E-state index in [0.717, 1.165) is 16.7 Å². The number of Topliss-reactive ketones (excluding diaryl/α,β-unsaturated/α-hetero) is 1. The molecular weight excluding hydrogens is 288 g/mol. The van der Waals surface area contributed by atoms with Gasteiger partial charge in [0.25, 0.3) is 0 Å². The number of ether oxygens (including phenoxy) is 1. The van der Waals surface area contributed by atoms with Crippen molar-refractivity contribution in [3.05, 3.63) is 64.9 Å². The van der Waals surface area contributed by atoms with E-state index in [1.54, 1.807) is 24.3 Å². The number of para-hydroxylation sites is 1. The number of carbonyl (C=O) groups is 1. The highest BCUT2D eigenvalue weighted by molar-refractivity contribution is 6.31. The number of hydrogen-bond acceptors (Lipinski definition) is 3. The molecule has 0 spiro atoms. The van der Waals surface area contributed by atoms with Crippen molar-refractivity contribution in [3.8, 4) is 5.75 Å². The lowest BCUT2D eigenvalue weighted by Gasteiger charge is -2.04. The lowest BCUT2D eigenvalue weighted by molar-refractivity contribution is 0.0922. The Bertz CT molecular complexity index is 850. The van der Waals surface area contributed by atoms with Crippen LogP contribution >= 0.6 is 11.6 Å². The number of furan rings is 1. The molecule has 21 heavy (non-hydrogen) atoms. The second-order valence-electron chi connectivity index (χ2n) is 5.06. The maximum absolute atomic E-state index is 12.7. The Hall–Kier alpha value is -2.26. The normalized spacial score (nSPS) is 16.7. The van der Waals surface area contributed by atoms with Crippen LogP contribution in [0.5, 0.6) is 5.75 Å². The van der Waals surface area contributed by atoms with Crippen LogP contribution in [0.4, 0.5) is 0 Å². The minimum atomic E-state index is -0.308. The Balaban J connectivity index is 1.74. The zero-order valence-electron chi connectivity index (χ0n) is 11.0. The van der Waals surface area contributed by atoms with E-state index < -0.39 is 0 Å². The monoisotopic (exact) mass is 298 g/mol. The summed E-state index contributed by atoms with van der Waals surface area (Å²) in [6, 6.07) is 14.6. The van der Waals surface area contributed by atoms with Crippen molar-refractivity contribution in [2.45, 2.75) is 5.92 Å². The van der Waals surface area contributed by atoms with Gasteiger partial charge in [-0.2, -0.15) is 0 Å². The molecule has 0 aliphatic carbocycles. The Morgan fingerprint density at radius 2 is 2.00 bits per heavy atom. The highest BCUT2D eigenvalue weighted by Crippen LogP contribution is 2.36. The molecule has 1 unspecified atom stereocenters. The first-order valence-corrected chi connectivity index (χ1v) is 7.05. The van der Waals surface area contributed by atoms with Crippen LogP contribution in [0.1, 0.15) is 22.0 Å². The van der Waals surface area contributed by atoms with Gasteiger partial charge in [0.1, 0.15) is 17.9 Å². The van der Waals surface area contributed by atoms with Crippen molar-refractivity contribution >= 4 is 28.4 Å². The van der Waals surface area contributed by atoms with Gasteiger partial charge in [-0.25, -0.2) is 0 Å². The van der Waals surface area contributed by atoms with Gasteiger partial charge < -0.3 is 9.15 Å². The van der Waals surface area contributed by atoms with E-state index >= 15 is 0 Å². The predicted molar refractivity (Wildman–Crippen MR) is 80.2 cm³/mol. The average molecular weight is 299 g/mol. The van der Waals surface area contributed by atoms with Crippen LogP contribution < -0.4 is 4.74 Å². The molecule has 4 rings (SSSR count). The molecule has 104 valence electrons. The van der Waals surface area contributed by atoms with E-state index in [9.17, 15) is 4.79 Å². The van der Waals surface area contributed by atoms with E-state index in [0.29, 0.717) is 23.0 Å². The van der Waals surface area contributed by atoms with Gasteiger partial charge in [0.15, 0.2) is 5.76 Å². The van der Waals surface area contributed by atoms with E-state index in [1.807, 2.05) is 24.3 Å². The molecule has 2 aromatic carbocycles. The molecule has 1 aliphatic rings. The van der Waals surface area contributed by atoms with Gasteiger partial charge in [-0.3, -0.25) is 4.79 Å². The number of halogens is 1. The molecule has 1 aliphatic heterocycles. The zero-order valence-corrected chi connectivity index (χ0v) is 11.8. The first-order chi connectivity index (χ1) is 10.2. The smallest absolute Gasteiger partial charge is 0.209 e. The molecule has 1 aromatic heterocycles. The molecular formula is C17H11ClO3. The van der Waals surface area contributed by atoms with E-state index in [4.69, 9.17) is 20.8 Å². The summed E-state index contributed by atoms with van der Waals surface area (Å²) < 4.78 is 11.2. The molecule has 0 saturated carbocycles. The molecule has 3 aromatic rings. The van der Waals surface area contributed by atoms with E-state index in [1.165, 1.54) is 0 Å². The summed E-state index contributed by atoms with van der Waals surface area (Å²) in [5, 5.41) is 1.45. The summed E-state index contributed by atoms with van der Waals surface area (Å²) in [4.78, 5) is 12.7. The van der Waals surface area contributed by atoms with Crippen molar-refractivity contribution in [1.82, 2.24) is 0 Å². The number of benzene rings is 2. The minimum absolute atomic E-state index is 0.0627. The maximum Gasteiger partial charge on any atom is 0.209 e. The number of hydrogen-bond donors (Lipinski definition) is 0. The predicted octanol–water partition coefficient (Wildman–Crippen LogP) is 4.45. The molecule has 1 atom stereocenters. The third-order valence-corrected chi connectivity index (χ3v) is 3.97. The van der Waals surface area contributed by atoms with Gasteiger partial charge in [-0.05, 0) is 30.3 Å². The Labute approximate surface area is 126 Å². The van der Waals surface area contributed by atoms with Gasteiger partial charge >= 0.3 is 0 Å². The van der Waals surface area contributed by atoms with Gasteiger partial charge in [-0.1, -0.05) is 29.8 Å². The number of rotatable bonds is 2. The molecule has 0 saturated heterocycles. The van der Waals surface area contributed by atoms with E-state index in [2.05, 4.69) is 0 Å². The fourth-order valence-corrected chi connectivity index (χ4v) is 2.87. The summed E-state index contributed by atoms with van der Waals surface area (Å²) in [5.74, 6) is 0.747. The maximum atomic E-state index is 12.7. The molecule has 0 amide bonds. The summed E-state index contributed by atoms with van der Waals surface area (Å²) in [6.07, 6.45) is 0. The third kappa shape index (κ3) is 2.01. The SMILES string of the molecule is O=C(c1cc2cc(Cl)ccc2o1)C1COc2ccccc21. The molecule has 3 nitrogen and oxygen atoms in total. The zero-order chi connectivity index (χ0) is 14.4. The Morgan fingerprint density at radius 3 is 2.90 bits per heavy atom. The largest absolute Gasteiger partial charge is 0.492 e. The quantitative estimate of drug-likeness (QED) is 0.656. The van der Waals surface area contributed by atoms with Gasteiger partial charge in [0.2, 0.25) is 5.78 Å². The summed E-state index contributed by atoms with van der Waals surface area (Å²) in [5.41, 5.74) is 1.58. The summed E-state index contributed by atoms with van der Waals surface area (Å²) >= 11 is 5.95. The van der Waals surface area contributed by atoms with Gasteiger partial charge in [0, 0.05) is 16.0 Å². The van der Waals surface area contributed by atoms with Gasteiger partial charge in [-0.15, -0.1) is 0 Å². The number of carbonyl (C=O) groups excluding carboxylic acids is 1. The van der Waals surface area contributed by atoms with E-state index in [-0.39, 0.29) is 11.7 Å². The van der Waals surface area contributed by atoms with Crippen LogP contribution in [0.15, 0.2) is 52.9 Å². The molecule has 4 heteroatoms. The topological polar surface area (TPSA) is 39.4 Å². The molecule has 2 heterocycles. The first kappa shape index (κ1) is 12.5. The van der Waals surface area contributed by atoms with Crippen LogP contribution in [0.3, 0.4) is 0 Å². The first-order valence-electron chi connectivity index (χ1n) is 6.67. The minimum Gasteiger partial charge on any atom is -0.492 e. The number of ketones is 1. The highest BCUT2D eigenvalue weighted by Gasteiger charge is 2.32. The van der Waals surface area contributed by atoms with Crippen LogP contribution in [-0.4, -0.2) is 12.4 Å². The second-order valence-corrected chi connectivity index (χ2v) is 5.49. The van der Waals surface area contributed by atoms with Crippen molar-refractivity contribution in [1.29, 1.82) is 0 Å². The Kier molecular flexibility index (Phi) is 2.76. The second kappa shape index (κ2) is 4.64.